The van der Waals surface area contributed by atoms with Gasteiger partial charge in [0, 0.05) is 43.9 Å². The number of aromatic nitrogens is 2. The summed E-state index contributed by atoms with van der Waals surface area (Å²) in [6, 6.07) is 0. The lowest BCUT2D eigenvalue weighted by Crippen LogP contribution is -2.36. The Morgan fingerprint density at radius 1 is 1.44 bits per heavy atom. The molecule has 1 aromatic heterocycles. The van der Waals surface area contributed by atoms with Crippen molar-refractivity contribution in [3.63, 3.8) is 0 Å². The van der Waals surface area contributed by atoms with Crippen LogP contribution < -0.4 is 5.32 Å². The Hall–Kier alpha value is -1.36. The second-order valence-corrected chi connectivity index (χ2v) is 4.89. The summed E-state index contributed by atoms with van der Waals surface area (Å²) >= 11 is 0. The van der Waals surface area contributed by atoms with Gasteiger partial charge in [-0.25, -0.2) is 0 Å². The molecule has 0 radical (unpaired) electrons. The van der Waals surface area contributed by atoms with Crippen molar-refractivity contribution in [3.05, 3.63) is 17.5 Å². The van der Waals surface area contributed by atoms with Crippen LogP contribution in [0.2, 0.25) is 0 Å². The van der Waals surface area contributed by atoms with Crippen LogP contribution in [0.5, 0.6) is 0 Å². The first kappa shape index (κ1) is 13.1. The molecule has 1 saturated heterocycles. The number of aromatic amines is 1. The van der Waals surface area contributed by atoms with Crippen molar-refractivity contribution in [2.45, 2.75) is 39.2 Å². The summed E-state index contributed by atoms with van der Waals surface area (Å²) in [5.74, 6) is 0.314. The van der Waals surface area contributed by atoms with Crippen LogP contribution in [-0.4, -0.2) is 40.6 Å². The van der Waals surface area contributed by atoms with E-state index in [1.807, 2.05) is 18.0 Å². The zero-order valence-corrected chi connectivity index (χ0v) is 11.0. The molecule has 0 saturated carbocycles. The third-order valence-corrected chi connectivity index (χ3v) is 3.48. The number of carbonyl (C=O) groups is 1. The molecule has 2 rings (SSSR count). The molecule has 0 unspecified atom stereocenters. The zero-order chi connectivity index (χ0) is 12.8. The standard InChI is InChI=1S/C13H22N4O/c1-11-12(10-15-16-11)9-14-6-8-17-7-4-2-3-5-13(17)18/h10,14H,2-9H2,1H3,(H,15,16). The van der Waals surface area contributed by atoms with E-state index in [4.69, 9.17) is 0 Å². The number of nitrogens with one attached hydrogen (secondary N) is 2. The highest BCUT2D eigenvalue weighted by Crippen LogP contribution is 2.10. The monoisotopic (exact) mass is 250 g/mol. The summed E-state index contributed by atoms with van der Waals surface area (Å²) in [4.78, 5) is 13.8. The molecule has 2 N–H and O–H groups in total. The molecule has 0 aromatic carbocycles. The third-order valence-electron chi connectivity index (χ3n) is 3.48. The number of amides is 1. The summed E-state index contributed by atoms with van der Waals surface area (Å²) in [6.45, 7) is 5.41. The number of hydrogen-bond acceptors (Lipinski definition) is 3. The van der Waals surface area contributed by atoms with Crippen LogP contribution in [0.25, 0.3) is 0 Å². The summed E-state index contributed by atoms with van der Waals surface area (Å²) < 4.78 is 0. The molecular formula is C13H22N4O. The summed E-state index contributed by atoms with van der Waals surface area (Å²) in [6.07, 6.45) is 5.95. The molecule has 0 spiro atoms. The lowest BCUT2D eigenvalue weighted by atomic mass is 10.2. The van der Waals surface area contributed by atoms with E-state index >= 15 is 0 Å². The lowest BCUT2D eigenvalue weighted by molar-refractivity contribution is -0.130. The maximum Gasteiger partial charge on any atom is 0.222 e. The lowest BCUT2D eigenvalue weighted by Gasteiger charge is -2.20. The molecule has 0 aliphatic carbocycles. The maximum atomic E-state index is 11.8. The molecule has 100 valence electrons. The zero-order valence-electron chi connectivity index (χ0n) is 11.0. The SMILES string of the molecule is Cc1[nH]ncc1CNCCN1CCCCCC1=O. The van der Waals surface area contributed by atoms with Crippen LogP contribution in [0, 0.1) is 6.92 Å². The quantitative estimate of drug-likeness (QED) is 0.772. The predicted molar refractivity (Wildman–Crippen MR) is 70.1 cm³/mol. The van der Waals surface area contributed by atoms with Crippen molar-refractivity contribution >= 4 is 5.91 Å². The molecule has 1 aliphatic heterocycles. The van der Waals surface area contributed by atoms with E-state index in [0.29, 0.717) is 5.91 Å². The largest absolute Gasteiger partial charge is 0.341 e. The van der Waals surface area contributed by atoms with Crippen LogP contribution in [0.1, 0.15) is 36.9 Å². The number of rotatable bonds is 5. The first-order chi connectivity index (χ1) is 8.77. The molecule has 18 heavy (non-hydrogen) atoms. The van der Waals surface area contributed by atoms with E-state index in [9.17, 15) is 4.79 Å². The predicted octanol–water partition coefficient (Wildman–Crippen LogP) is 1.21. The molecule has 1 aromatic rings. The van der Waals surface area contributed by atoms with E-state index in [0.717, 1.165) is 51.1 Å². The van der Waals surface area contributed by atoms with Crippen LogP contribution in [0.4, 0.5) is 0 Å². The van der Waals surface area contributed by atoms with Gasteiger partial charge in [0.05, 0.1) is 6.20 Å². The van der Waals surface area contributed by atoms with Gasteiger partial charge in [0.2, 0.25) is 5.91 Å². The number of carbonyl (C=O) groups excluding carboxylic acids is 1. The van der Waals surface area contributed by atoms with Gasteiger partial charge in [0.25, 0.3) is 0 Å². The number of H-pyrrole nitrogens is 1. The molecular weight excluding hydrogens is 228 g/mol. The van der Waals surface area contributed by atoms with Gasteiger partial charge in [0.15, 0.2) is 0 Å². The highest BCUT2D eigenvalue weighted by Gasteiger charge is 2.15. The normalized spacial score (nSPS) is 16.9. The van der Waals surface area contributed by atoms with E-state index < -0.39 is 0 Å². The van der Waals surface area contributed by atoms with E-state index in [2.05, 4.69) is 15.5 Å². The maximum absolute atomic E-state index is 11.8. The van der Waals surface area contributed by atoms with Crippen molar-refractivity contribution in [1.82, 2.24) is 20.4 Å². The average Bonchev–Trinajstić information content (AvgIpc) is 2.65. The molecule has 0 atom stereocenters. The first-order valence-corrected chi connectivity index (χ1v) is 6.74. The summed E-state index contributed by atoms with van der Waals surface area (Å²) in [7, 11) is 0. The van der Waals surface area contributed by atoms with Crippen molar-refractivity contribution in [1.29, 1.82) is 0 Å². The Labute approximate surface area is 108 Å². The van der Waals surface area contributed by atoms with Crippen LogP contribution >= 0.6 is 0 Å². The van der Waals surface area contributed by atoms with Gasteiger partial charge in [0.1, 0.15) is 0 Å². The Balaban J connectivity index is 1.68. The average molecular weight is 250 g/mol. The minimum atomic E-state index is 0.314. The third kappa shape index (κ3) is 3.57. The Kier molecular flexibility index (Phi) is 4.75. The fourth-order valence-electron chi connectivity index (χ4n) is 2.27. The van der Waals surface area contributed by atoms with Crippen molar-refractivity contribution < 1.29 is 4.79 Å². The first-order valence-electron chi connectivity index (χ1n) is 6.74. The fourth-order valence-corrected chi connectivity index (χ4v) is 2.27. The van der Waals surface area contributed by atoms with Crippen LogP contribution in [0.3, 0.4) is 0 Å². The number of likely N-dealkylation sites (tertiary alicyclic amines) is 1. The van der Waals surface area contributed by atoms with Gasteiger partial charge in [-0.3, -0.25) is 9.89 Å². The van der Waals surface area contributed by atoms with Gasteiger partial charge < -0.3 is 10.2 Å². The van der Waals surface area contributed by atoms with Crippen LogP contribution in [-0.2, 0) is 11.3 Å². The Bertz CT molecular complexity index is 388. The highest BCUT2D eigenvalue weighted by atomic mass is 16.2. The highest BCUT2D eigenvalue weighted by molar-refractivity contribution is 5.76. The minimum Gasteiger partial charge on any atom is -0.341 e. The fraction of sp³-hybridized carbons (Fsp3) is 0.692. The van der Waals surface area contributed by atoms with Crippen molar-refractivity contribution in [2.75, 3.05) is 19.6 Å². The number of nitrogens with zero attached hydrogens (tertiary/aromatic N) is 2. The van der Waals surface area contributed by atoms with E-state index in [1.165, 1.54) is 12.0 Å². The number of hydrogen-bond donors (Lipinski definition) is 2. The second-order valence-electron chi connectivity index (χ2n) is 4.89. The summed E-state index contributed by atoms with van der Waals surface area (Å²) in [5, 5.41) is 10.3. The van der Waals surface area contributed by atoms with Gasteiger partial charge >= 0.3 is 0 Å². The van der Waals surface area contributed by atoms with Gasteiger partial charge in [-0.1, -0.05) is 6.42 Å². The van der Waals surface area contributed by atoms with Gasteiger partial charge in [-0.05, 0) is 19.8 Å². The Morgan fingerprint density at radius 2 is 2.33 bits per heavy atom. The molecule has 1 amide bonds. The molecule has 5 heteroatoms. The second kappa shape index (κ2) is 6.54. The molecule has 2 heterocycles. The molecule has 1 fully saturated rings. The van der Waals surface area contributed by atoms with Crippen molar-refractivity contribution in [3.8, 4) is 0 Å². The molecule has 5 nitrogen and oxygen atoms in total. The van der Waals surface area contributed by atoms with E-state index in [1.54, 1.807) is 0 Å². The minimum absolute atomic E-state index is 0.314. The van der Waals surface area contributed by atoms with Gasteiger partial charge in [-0.2, -0.15) is 5.10 Å². The molecule has 0 bridgehead atoms. The van der Waals surface area contributed by atoms with Gasteiger partial charge in [-0.15, -0.1) is 0 Å². The topological polar surface area (TPSA) is 61.0 Å². The number of aryl methyl sites for hydroxylation is 1. The molecule has 1 aliphatic rings. The Morgan fingerprint density at radius 3 is 3.11 bits per heavy atom. The van der Waals surface area contributed by atoms with Crippen LogP contribution in [0.15, 0.2) is 6.20 Å². The summed E-state index contributed by atoms with van der Waals surface area (Å²) in [5.41, 5.74) is 2.30. The van der Waals surface area contributed by atoms with Crippen molar-refractivity contribution in [2.24, 2.45) is 0 Å². The smallest absolute Gasteiger partial charge is 0.222 e. The van der Waals surface area contributed by atoms with E-state index in [-0.39, 0.29) is 0 Å².